The molecule has 0 spiro atoms. The molecule has 0 atom stereocenters. The number of piperidine rings is 1. The summed E-state index contributed by atoms with van der Waals surface area (Å²) >= 11 is 0. The monoisotopic (exact) mass is 453 g/mol. The average Bonchev–Trinajstić information content (AvgIpc) is 2.98. The Kier molecular flexibility index (Phi) is 6.75. The van der Waals surface area contributed by atoms with Crippen LogP contribution < -0.4 is 9.47 Å². The summed E-state index contributed by atoms with van der Waals surface area (Å²) in [5.74, 6) is 0.522. The Bertz CT molecular complexity index is 1060. The summed E-state index contributed by atoms with van der Waals surface area (Å²) in [5.41, 5.74) is 4.46. The molecule has 2 aromatic rings. The molecule has 0 saturated carbocycles. The van der Waals surface area contributed by atoms with E-state index in [2.05, 4.69) is 4.90 Å². The van der Waals surface area contributed by atoms with Crippen molar-refractivity contribution in [1.29, 1.82) is 0 Å². The van der Waals surface area contributed by atoms with Crippen molar-refractivity contribution in [3.63, 3.8) is 0 Å². The maximum absolute atomic E-state index is 14.0. The molecule has 2 aliphatic rings. The Hall–Kier alpha value is -2.86. The zero-order valence-corrected chi connectivity index (χ0v) is 19.6. The minimum Gasteiger partial charge on any atom is -0.497 e. The maximum Gasteiger partial charge on any atom is 0.310 e. The molecule has 1 fully saturated rings. The smallest absolute Gasteiger partial charge is 0.310 e. The van der Waals surface area contributed by atoms with Crippen molar-refractivity contribution < 1.29 is 23.8 Å². The molecule has 0 aromatic heterocycles. The number of hydrogen-bond donors (Lipinski definition) is 1. The fourth-order valence-electron chi connectivity index (χ4n) is 5.07. The topological polar surface area (TPSA) is 59.0 Å². The van der Waals surface area contributed by atoms with E-state index < -0.39 is 11.4 Å². The second-order valence-corrected chi connectivity index (χ2v) is 9.00. The Balaban J connectivity index is 1.71. The van der Waals surface area contributed by atoms with Gasteiger partial charge >= 0.3 is 5.97 Å². The molecule has 1 saturated heterocycles. The summed E-state index contributed by atoms with van der Waals surface area (Å²) in [6.45, 7) is 6.38. The van der Waals surface area contributed by atoms with Crippen LogP contribution in [0.5, 0.6) is 11.5 Å². The third-order valence-corrected chi connectivity index (χ3v) is 7.32. The highest BCUT2D eigenvalue weighted by Crippen LogP contribution is 2.43. The number of benzene rings is 2. The van der Waals surface area contributed by atoms with Crippen LogP contribution in [0, 0.1) is 11.2 Å². The molecule has 2 aliphatic heterocycles. The molecule has 5 nitrogen and oxygen atoms in total. The highest BCUT2D eigenvalue weighted by atomic mass is 19.1. The van der Waals surface area contributed by atoms with Gasteiger partial charge in [0.1, 0.15) is 23.9 Å². The van der Waals surface area contributed by atoms with E-state index in [0.717, 1.165) is 59.7 Å². The number of halogens is 1. The van der Waals surface area contributed by atoms with Crippen molar-refractivity contribution in [3.05, 3.63) is 64.5 Å². The highest BCUT2D eigenvalue weighted by molar-refractivity contribution is 5.87. The first-order chi connectivity index (χ1) is 15.9. The lowest BCUT2D eigenvalue weighted by atomic mass is 9.81. The molecular weight excluding hydrogens is 421 g/mol. The lowest BCUT2D eigenvalue weighted by molar-refractivity contribution is -0.150. The van der Waals surface area contributed by atoms with Gasteiger partial charge in [0.15, 0.2) is 0 Å². The Labute approximate surface area is 194 Å². The molecular formula is C27H32FNO4. The zero-order chi connectivity index (χ0) is 23.6. The quantitative estimate of drug-likeness (QED) is 0.625. The molecule has 0 unspecified atom stereocenters. The van der Waals surface area contributed by atoms with Gasteiger partial charge in [-0.1, -0.05) is 25.5 Å². The Morgan fingerprint density at radius 1 is 1.12 bits per heavy atom. The van der Waals surface area contributed by atoms with Crippen LogP contribution in [0.15, 0.2) is 42.0 Å². The lowest BCUT2D eigenvalue weighted by Crippen LogP contribution is -2.44. The van der Waals surface area contributed by atoms with Crippen LogP contribution in [-0.4, -0.2) is 42.7 Å². The van der Waals surface area contributed by atoms with Gasteiger partial charge in [-0.05, 0) is 67.2 Å². The number of likely N-dealkylation sites (tertiary alicyclic amines) is 1. The number of fused-ring (bicyclic) bond motifs is 2. The summed E-state index contributed by atoms with van der Waals surface area (Å²) < 4.78 is 25.6. The molecule has 4 rings (SSSR count). The maximum atomic E-state index is 14.0. The number of nitrogens with zero attached hydrogens (tertiary/aromatic N) is 1. The Morgan fingerprint density at radius 2 is 1.85 bits per heavy atom. The molecule has 0 aliphatic carbocycles. The number of carboxylic acid groups (broad SMARTS) is 1. The summed E-state index contributed by atoms with van der Waals surface area (Å²) in [6, 6.07) is 10.7. The van der Waals surface area contributed by atoms with E-state index in [0.29, 0.717) is 26.0 Å². The molecule has 0 bridgehead atoms. The lowest BCUT2D eigenvalue weighted by Gasteiger charge is -2.37. The molecule has 2 heterocycles. The SMILES string of the molecule is CCC(CC)(CN1CCC(=C2c3ccc(F)cc3COc3ccc(OC)cc32)CC1)C(=O)O. The molecule has 2 aromatic carbocycles. The summed E-state index contributed by atoms with van der Waals surface area (Å²) in [6.07, 6.45) is 2.89. The first-order valence-corrected chi connectivity index (χ1v) is 11.7. The van der Waals surface area contributed by atoms with E-state index in [4.69, 9.17) is 9.47 Å². The van der Waals surface area contributed by atoms with Crippen LogP contribution in [0.3, 0.4) is 0 Å². The van der Waals surface area contributed by atoms with E-state index >= 15 is 0 Å². The van der Waals surface area contributed by atoms with Gasteiger partial charge in [-0.2, -0.15) is 0 Å². The Morgan fingerprint density at radius 3 is 2.48 bits per heavy atom. The van der Waals surface area contributed by atoms with Gasteiger partial charge in [-0.15, -0.1) is 0 Å². The van der Waals surface area contributed by atoms with Crippen molar-refractivity contribution in [2.24, 2.45) is 5.41 Å². The van der Waals surface area contributed by atoms with Crippen LogP contribution in [0.25, 0.3) is 5.57 Å². The van der Waals surface area contributed by atoms with Crippen molar-refractivity contribution in [2.75, 3.05) is 26.7 Å². The van der Waals surface area contributed by atoms with Crippen molar-refractivity contribution in [2.45, 2.75) is 46.1 Å². The first-order valence-electron chi connectivity index (χ1n) is 11.7. The number of aliphatic carboxylic acids is 1. The van der Waals surface area contributed by atoms with E-state index in [9.17, 15) is 14.3 Å². The molecule has 176 valence electrons. The number of carboxylic acids is 1. The summed E-state index contributed by atoms with van der Waals surface area (Å²) in [4.78, 5) is 14.3. The van der Waals surface area contributed by atoms with E-state index in [1.807, 2.05) is 38.1 Å². The standard InChI is InChI=1S/C27H32FNO4/c1-4-27(5-2,26(30)31)17-29-12-10-18(11-13-29)25-22-8-6-20(28)14-19(22)16-33-24-9-7-21(32-3)15-23(24)25/h6-9,14-15H,4-5,10-13,16-17H2,1-3H3,(H,30,31). The van der Waals surface area contributed by atoms with Crippen molar-refractivity contribution in [3.8, 4) is 11.5 Å². The normalized spacial score (nSPS) is 16.5. The van der Waals surface area contributed by atoms with Crippen LogP contribution in [0.4, 0.5) is 4.39 Å². The predicted octanol–water partition coefficient (Wildman–Crippen LogP) is 5.52. The first kappa shape index (κ1) is 23.3. The van der Waals surface area contributed by atoms with Crippen LogP contribution >= 0.6 is 0 Å². The second kappa shape index (κ2) is 9.56. The summed E-state index contributed by atoms with van der Waals surface area (Å²) in [7, 11) is 1.64. The number of carbonyl (C=O) groups is 1. The van der Waals surface area contributed by atoms with Gasteiger partial charge < -0.3 is 19.5 Å². The van der Waals surface area contributed by atoms with Crippen molar-refractivity contribution >= 4 is 11.5 Å². The molecule has 1 N–H and O–H groups in total. The van der Waals surface area contributed by atoms with Crippen LogP contribution in [0.1, 0.15) is 56.2 Å². The van der Waals surface area contributed by atoms with Gasteiger partial charge in [0.2, 0.25) is 0 Å². The van der Waals surface area contributed by atoms with Gasteiger partial charge in [-0.25, -0.2) is 4.39 Å². The highest BCUT2D eigenvalue weighted by Gasteiger charge is 2.37. The second-order valence-electron chi connectivity index (χ2n) is 9.00. The average molecular weight is 454 g/mol. The summed E-state index contributed by atoms with van der Waals surface area (Å²) in [5, 5.41) is 9.84. The number of hydrogen-bond acceptors (Lipinski definition) is 4. The third kappa shape index (κ3) is 4.49. The minimum atomic E-state index is -0.713. The minimum absolute atomic E-state index is 0.274. The van der Waals surface area contributed by atoms with Gasteiger partial charge in [0.25, 0.3) is 0 Å². The molecule has 33 heavy (non-hydrogen) atoms. The van der Waals surface area contributed by atoms with Gasteiger partial charge in [0, 0.05) is 30.8 Å². The number of ether oxygens (including phenoxy) is 2. The zero-order valence-electron chi connectivity index (χ0n) is 19.6. The fourth-order valence-corrected chi connectivity index (χ4v) is 5.07. The van der Waals surface area contributed by atoms with Crippen LogP contribution in [-0.2, 0) is 11.4 Å². The van der Waals surface area contributed by atoms with Gasteiger partial charge in [-0.3, -0.25) is 4.79 Å². The van der Waals surface area contributed by atoms with E-state index in [1.165, 1.54) is 11.6 Å². The largest absolute Gasteiger partial charge is 0.497 e. The number of rotatable bonds is 6. The molecule has 6 heteroatoms. The predicted molar refractivity (Wildman–Crippen MR) is 126 cm³/mol. The van der Waals surface area contributed by atoms with Gasteiger partial charge in [0.05, 0.1) is 12.5 Å². The van der Waals surface area contributed by atoms with E-state index in [-0.39, 0.29) is 5.82 Å². The van der Waals surface area contributed by atoms with Crippen molar-refractivity contribution in [1.82, 2.24) is 4.90 Å². The molecule has 0 amide bonds. The third-order valence-electron chi connectivity index (χ3n) is 7.32. The molecule has 0 radical (unpaired) electrons. The van der Waals surface area contributed by atoms with Crippen LogP contribution in [0.2, 0.25) is 0 Å². The van der Waals surface area contributed by atoms with E-state index in [1.54, 1.807) is 13.2 Å². The number of methoxy groups -OCH3 is 1. The fraction of sp³-hybridized carbons (Fsp3) is 0.444.